The number of carbonyl (C=O) groups is 3. The van der Waals surface area contributed by atoms with Crippen LogP contribution in [0.2, 0.25) is 0 Å². The second-order valence-electron chi connectivity index (χ2n) is 5.94. The molecule has 6 nitrogen and oxygen atoms in total. The van der Waals surface area contributed by atoms with Crippen molar-refractivity contribution in [2.24, 2.45) is 5.92 Å². The summed E-state index contributed by atoms with van der Waals surface area (Å²) in [6.07, 6.45) is 1.20. The van der Waals surface area contributed by atoms with Gasteiger partial charge in [0.2, 0.25) is 11.8 Å². The third-order valence-corrected chi connectivity index (χ3v) is 3.46. The molecule has 0 spiro atoms. The van der Waals surface area contributed by atoms with E-state index >= 15 is 0 Å². The molecule has 6 heteroatoms. The molecular weight excluding hydrogens is 296 g/mol. The van der Waals surface area contributed by atoms with Crippen molar-refractivity contribution in [3.63, 3.8) is 0 Å². The smallest absolute Gasteiger partial charge is 0.310 e. The first-order chi connectivity index (χ1) is 10.8. The van der Waals surface area contributed by atoms with Crippen molar-refractivity contribution in [3.05, 3.63) is 29.8 Å². The summed E-state index contributed by atoms with van der Waals surface area (Å²) in [6.45, 7) is 5.59. The van der Waals surface area contributed by atoms with Crippen molar-refractivity contribution >= 4 is 23.5 Å². The van der Waals surface area contributed by atoms with Gasteiger partial charge in [-0.25, -0.2) is 0 Å². The zero-order valence-corrected chi connectivity index (χ0v) is 13.8. The number of rotatable bonds is 8. The molecule has 23 heavy (non-hydrogen) atoms. The summed E-state index contributed by atoms with van der Waals surface area (Å²) in [5.74, 6) is -1.51. The predicted octanol–water partition coefficient (Wildman–Crippen LogP) is 2.37. The lowest BCUT2D eigenvalue weighted by molar-refractivity contribution is -0.138. The topological polar surface area (TPSA) is 95.5 Å². The van der Waals surface area contributed by atoms with Crippen LogP contribution in [0.3, 0.4) is 0 Å². The molecule has 0 aliphatic heterocycles. The normalized spacial score (nSPS) is 11.8. The number of amides is 2. The summed E-state index contributed by atoms with van der Waals surface area (Å²) in [4.78, 5) is 34.2. The molecule has 0 aliphatic rings. The molecule has 1 atom stereocenters. The Balaban J connectivity index is 2.42. The maximum absolute atomic E-state index is 11.8. The standard InChI is InChI=1S/C17H24N2O4/c1-11(2)4-9-15(20)18-10-16(21)19-14-7-5-13(6-8-14)12(3)17(22)23/h5-8,11-12H,4,9-10H2,1-3H3,(H,18,20)(H,19,21)(H,22,23). The quantitative estimate of drug-likeness (QED) is 0.685. The first-order valence-corrected chi connectivity index (χ1v) is 7.69. The SMILES string of the molecule is CC(C)CCC(=O)NCC(=O)Nc1ccc(C(C)C(=O)O)cc1. The Morgan fingerprint density at radius 2 is 1.65 bits per heavy atom. The molecule has 0 radical (unpaired) electrons. The fourth-order valence-corrected chi connectivity index (χ4v) is 1.89. The molecule has 0 aliphatic carbocycles. The van der Waals surface area contributed by atoms with Crippen LogP contribution >= 0.6 is 0 Å². The number of nitrogens with one attached hydrogen (secondary N) is 2. The highest BCUT2D eigenvalue weighted by Crippen LogP contribution is 2.18. The Bertz CT molecular complexity index is 552. The maximum atomic E-state index is 11.8. The number of carbonyl (C=O) groups excluding carboxylic acids is 2. The summed E-state index contributed by atoms with van der Waals surface area (Å²) in [5, 5.41) is 14.2. The molecule has 1 aromatic rings. The monoisotopic (exact) mass is 320 g/mol. The van der Waals surface area contributed by atoms with Gasteiger partial charge in [0, 0.05) is 12.1 Å². The van der Waals surface area contributed by atoms with Gasteiger partial charge < -0.3 is 15.7 Å². The molecular formula is C17H24N2O4. The maximum Gasteiger partial charge on any atom is 0.310 e. The van der Waals surface area contributed by atoms with Crippen molar-refractivity contribution < 1.29 is 19.5 Å². The Morgan fingerprint density at radius 3 is 2.17 bits per heavy atom. The highest BCUT2D eigenvalue weighted by Gasteiger charge is 2.13. The van der Waals surface area contributed by atoms with Crippen molar-refractivity contribution in [1.82, 2.24) is 5.32 Å². The summed E-state index contributed by atoms with van der Waals surface area (Å²) >= 11 is 0. The number of carboxylic acid groups (broad SMARTS) is 1. The van der Waals surface area contributed by atoms with E-state index < -0.39 is 11.9 Å². The second-order valence-corrected chi connectivity index (χ2v) is 5.94. The molecule has 1 unspecified atom stereocenters. The van der Waals surface area contributed by atoms with Crippen LogP contribution in [0.5, 0.6) is 0 Å². The zero-order chi connectivity index (χ0) is 17.4. The van der Waals surface area contributed by atoms with Gasteiger partial charge in [0.15, 0.2) is 0 Å². The third-order valence-electron chi connectivity index (χ3n) is 3.46. The van der Waals surface area contributed by atoms with Crippen LogP contribution in [0, 0.1) is 5.92 Å². The van der Waals surface area contributed by atoms with Gasteiger partial charge in [-0.2, -0.15) is 0 Å². The van der Waals surface area contributed by atoms with Crippen LogP contribution in [0.15, 0.2) is 24.3 Å². The minimum absolute atomic E-state index is 0.0792. The largest absolute Gasteiger partial charge is 0.481 e. The predicted molar refractivity (Wildman–Crippen MR) is 88.2 cm³/mol. The number of benzene rings is 1. The molecule has 0 aromatic heterocycles. The van der Waals surface area contributed by atoms with Gasteiger partial charge in [-0.05, 0) is 37.0 Å². The Labute approximate surface area is 136 Å². The van der Waals surface area contributed by atoms with E-state index in [0.717, 1.165) is 6.42 Å². The molecule has 126 valence electrons. The van der Waals surface area contributed by atoms with Gasteiger partial charge in [0.05, 0.1) is 12.5 Å². The van der Waals surface area contributed by atoms with Crippen molar-refractivity contribution in [2.75, 3.05) is 11.9 Å². The van der Waals surface area contributed by atoms with Crippen molar-refractivity contribution in [2.45, 2.75) is 39.5 Å². The fourth-order valence-electron chi connectivity index (χ4n) is 1.89. The minimum Gasteiger partial charge on any atom is -0.481 e. The summed E-state index contributed by atoms with van der Waals surface area (Å²) in [6, 6.07) is 6.62. The van der Waals surface area contributed by atoms with E-state index in [4.69, 9.17) is 5.11 Å². The number of anilines is 1. The fraction of sp³-hybridized carbons (Fsp3) is 0.471. The van der Waals surface area contributed by atoms with Crippen molar-refractivity contribution in [3.8, 4) is 0 Å². The number of hydrogen-bond acceptors (Lipinski definition) is 3. The molecule has 2 amide bonds. The van der Waals surface area contributed by atoms with Gasteiger partial charge in [-0.3, -0.25) is 14.4 Å². The zero-order valence-electron chi connectivity index (χ0n) is 13.8. The Kier molecular flexibility index (Phi) is 7.25. The van der Waals surface area contributed by atoms with E-state index in [0.29, 0.717) is 23.6 Å². The van der Waals surface area contributed by atoms with E-state index in [-0.39, 0.29) is 18.4 Å². The van der Waals surface area contributed by atoms with E-state index in [1.807, 2.05) is 13.8 Å². The highest BCUT2D eigenvalue weighted by atomic mass is 16.4. The molecule has 1 rings (SSSR count). The van der Waals surface area contributed by atoms with Gasteiger partial charge in [-0.15, -0.1) is 0 Å². The van der Waals surface area contributed by atoms with Gasteiger partial charge in [-0.1, -0.05) is 26.0 Å². The second kappa shape index (κ2) is 8.92. The van der Waals surface area contributed by atoms with Crippen LogP contribution in [-0.2, 0) is 14.4 Å². The number of aliphatic carboxylic acids is 1. The van der Waals surface area contributed by atoms with Crippen LogP contribution in [0.25, 0.3) is 0 Å². The average Bonchev–Trinajstić information content (AvgIpc) is 2.50. The van der Waals surface area contributed by atoms with Crippen LogP contribution in [-0.4, -0.2) is 29.4 Å². The average molecular weight is 320 g/mol. The van der Waals surface area contributed by atoms with E-state index in [1.165, 1.54) is 0 Å². The highest BCUT2D eigenvalue weighted by molar-refractivity contribution is 5.94. The summed E-state index contributed by atoms with van der Waals surface area (Å²) in [5.41, 5.74) is 1.23. The number of hydrogen-bond donors (Lipinski definition) is 3. The van der Waals surface area contributed by atoms with Crippen LogP contribution in [0.1, 0.15) is 45.1 Å². The molecule has 1 aromatic carbocycles. The molecule has 0 saturated carbocycles. The van der Waals surface area contributed by atoms with Gasteiger partial charge >= 0.3 is 5.97 Å². The lowest BCUT2D eigenvalue weighted by Gasteiger charge is -2.10. The van der Waals surface area contributed by atoms with E-state index in [1.54, 1.807) is 31.2 Å². The van der Waals surface area contributed by atoms with Gasteiger partial charge in [0.1, 0.15) is 0 Å². The summed E-state index contributed by atoms with van der Waals surface area (Å²) < 4.78 is 0. The Hall–Kier alpha value is -2.37. The van der Waals surface area contributed by atoms with E-state index in [9.17, 15) is 14.4 Å². The first-order valence-electron chi connectivity index (χ1n) is 7.69. The molecule has 0 heterocycles. The lowest BCUT2D eigenvalue weighted by atomic mass is 10.0. The van der Waals surface area contributed by atoms with E-state index in [2.05, 4.69) is 10.6 Å². The molecule has 3 N–H and O–H groups in total. The van der Waals surface area contributed by atoms with Crippen LogP contribution < -0.4 is 10.6 Å². The number of carboxylic acids is 1. The van der Waals surface area contributed by atoms with Gasteiger partial charge in [0.25, 0.3) is 0 Å². The summed E-state index contributed by atoms with van der Waals surface area (Å²) in [7, 11) is 0. The van der Waals surface area contributed by atoms with Crippen LogP contribution in [0.4, 0.5) is 5.69 Å². The minimum atomic E-state index is -0.897. The van der Waals surface area contributed by atoms with Crippen molar-refractivity contribution in [1.29, 1.82) is 0 Å². The lowest BCUT2D eigenvalue weighted by Crippen LogP contribution is -2.32. The first kappa shape index (κ1) is 18.7. The Morgan fingerprint density at radius 1 is 1.04 bits per heavy atom. The third kappa shape index (κ3) is 6.95. The molecule has 0 bridgehead atoms. The molecule has 0 saturated heterocycles. The molecule has 0 fully saturated rings.